The van der Waals surface area contributed by atoms with Crippen molar-refractivity contribution in [1.82, 2.24) is 10.2 Å². The number of alkyl halides is 1. The third-order valence-electron chi connectivity index (χ3n) is 1.72. The Bertz CT molecular complexity index is 296. The van der Waals surface area contributed by atoms with Crippen LogP contribution < -0.4 is 5.32 Å². The number of nitrogens with one attached hydrogen (secondary N) is 1. The zero-order valence-corrected chi connectivity index (χ0v) is 9.08. The summed E-state index contributed by atoms with van der Waals surface area (Å²) < 4.78 is 0. The van der Waals surface area contributed by atoms with Gasteiger partial charge in [-0.25, -0.2) is 0 Å². The minimum absolute atomic E-state index is 0.140. The largest absolute Gasteiger partial charge is 0.335 e. The molecule has 6 heteroatoms. The number of halogens is 1. The van der Waals surface area contributed by atoms with Crippen molar-refractivity contribution in [3.05, 3.63) is 12.2 Å². The molecule has 0 saturated carbocycles. The van der Waals surface area contributed by atoms with E-state index >= 15 is 0 Å². The molecule has 0 aromatic carbocycles. The normalized spacial score (nSPS) is 17.4. The third-order valence-corrected chi connectivity index (χ3v) is 2.23. The van der Waals surface area contributed by atoms with Crippen LogP contribution in [0.4, 0.5) is 0 Å². The maximum Gasteiger partial charge on any atom is 0.255 e. The Balaban J connectivity index is 2.61. The Kier molecular flexibility index (Phi) is 3.40. The van der Waals surface area contributed by atoms with Gasteiger partial charge in [0.05, 0.1) is 5.33 Å². The van der Waals surface area contributed by atoms with E-state index in [1.807, 2.05) is 0 Å². The maximum absolute atomic E-state index is 11.2. The second-order valence-electron chi connectivity index (χ2n) is 2.76. The SMILES string of the molecule is CC(NC(=O)CBr)N1C(=O)C=CC1=O. The first-order valence-electron chi connectivity index (χ1n) is 3.97. The molecule has 0 radical (unpaired) electrons. The summed E-state index contributed by atoms with van der Waals surface area (Å²) in [6, 6.07) is 0. The van der Waals surface area contributed by atoms with Gasteiger partial charge in [-0.15, -0.1) is 0 Å². The van der Waals surface area contributed by atoms with Crippen molar-refractivity contribution in [2.75, 3.05) is 5.33 Å². The molecule has 0 fully saturated rings. The lowest BCUT2D eigenvalue weighted by atomic mass is 10.4. The number of carbonyl (C=O) groups is 3. The first-order chi connectivity index (χ1) is 6.56. The van der Waals surface area contributed by atoms with Crippen LogP contribution in [0.15, 0.2) is 12.2 Å². The van der Waals surface area contributed by atoms with Gasteiger partial charge < -0.3 is 5.32 Å². The van der Waals surface area contributed by atoms with Crippen molar-refractivity contribution in [3.63, 3.8) is 0 Å². The van der Waals surface area contributed by atoms with Crippen LogP contribution in [0.1, 0.15) is 6.92 Å². The van der Waals surface area contributed by atoms with Gasteiger partial charge in [-0.05, 0) is 6.92 Å². The van der Waals surface area contributed by atoms with E-state index in [1.54, 1.807) is 6.92 Å². The topological polar surface area (TPSA) is 66.5 Å². The lowest BCUT2D eigenvalue weighted by molar-refractivity contribution is -0.140. The van der Waals surface area contributed by atoms with Gasteiger partial charge in [-0.3, -0.25) is 19.3 Å². The number of rotatable bonds is 3. The summed E-state index contributed by atoms with van der Waals surface area (Å²) in [4.78, 5) is 34.3. The average Bonchev–Trinajstić information content (AvgIpc) is 2.46. The molecule has 0 aromatic heterocycles. The smallest absolute Gasteiger partial charge is 0.255 e. The molecule has 0 bridgehead atoms. The second-order valence-corrected chi connectivity index (χ2v) is 3.32. The van der Waals surface area contributed by atoms with E-state index in [0.29, 0.717) is 0 Å². The van der Waals surface area contributed by atoms with Gasteiger partial charge in [-0.2, -0.15) is 0 Å². The molecule has 3 amide bonds. The van der Waals surface area contributed by atoms with Crippen LogP contribution in [0.2, 0.25) is 0 Å². The molecule has 14 heavy (non-hydrogen) atoms. The molecule has 1 N–H and O–H groups in total. The fraction of sp³-hybridized carbons (Fsp3) is 0.375. The summed E-state index contributed by atoms with van der Waals surface area (Å²) >= 11 is 2.97. The van der Waals surface area contributed by atoms with Gasteiger partial charge in [0, 0.05) is 12.2 Å². The summed E-state index contributed by atoms with van der Waals surface area (Å²) in [7, 11) is 0. The van der Waals surface area contributed by atoms with Crippen LogP contribution in [0.25, 0.3) is 0 Å². The molecule has 5 nitrogen and oxygen atoms in total. The zero-order valence-electron chi connectivity index (χ0n) is 7.49. The van der Waals surface area contributed by atoms with E-state index in [4.69, 9.17) is 0 Å². The Labute approximate surface area is 89.3 Å². The molecule has 1 aliphatic rings. The van der Waals surface area contributed by atoms with Gasteiger partial charge in [0.15, 0.2) is 0 Å². The van der Waals surface area contributed by atoms with E-state index in [0.717, 1.165) is 4.90 Å². The van der Waals surface area contributed by atoms with Crippen molar-refractivity contribution in [3.8, 4) is 0 Å². The molecular formula is C8H9BrN2O3. The molecule has 0 aliphatic carbocycles. The highest BCUT2D eigenvalue weighted by Gasteiger charge is 2.28. The molecule has 1 rings (SSSR count). The van der Waals surface area contributed by atoms with Gasteiger partial charge >= 0.3 is 0 Å². The minimum atomic E-state index is -0.616. The van der Waals surface area contributed by atoms with Crippen LogP contribution in [-0.2, 0) is 14.4 Å². The number of imide groups is 1. The molecule has 1 aliphatic heterocycles. The minimum Gasteiger partial charge on any atom is -0.335 e. The van der Waals surface area contributed by atoms with Crippen molar-refractivity contribution in [2.24, 2.45) is 0 Å². The number of amides is 3. The molecular weight excluding hydrogens is 252 g/mol. The fourth-order valence-electron chi connectivity index (χ4n) is 1.13. The highest BCUT2D eigenvalue weighted by atomic mass is 79.9. The fourth-order valence-corrected chi connectivity index (χ4v) is 1.29. The molecule has 76 valence electrons. The third kappa shape index (κ3) is 2.20. The highest BCUT2D eigenvalue weighted by molar-refractivity contribution is 9.09. The van der Waals surface area contributed by atoms with Crippen molar-refractivity contribution < 1.29 is 14.4 Å². The number of hydrogen-bond donors (Lipinski definition) is 1. The van der Waals surface area contributed by atoms with Gasteiger partial charge in [0.2, 0.25) is 5.91 Å². The van der Waals surface area contributed by atoms with Crippen LogP contribution in [-0.4, -0.2) is 34.1 Å². The summed E-state index contributed by atoms with van der Waals surface area (Å²) in [6.45, 7) is 1.57. The van der Waals surface area contributed by atoms with Crippen LogP contribution >= 0.6 is 15.9 Å². The van der Waals surface area contributed by atoms with Crippen molar-refractivity contribution >= 4 is 33.7 Å². The highest BCUT2D eigenvalue weighted by Crippen LogP contribution is 2.06. The van der Waals surface area contributed by atoms with Crippen LogP contribution in [0.5, 0.6) is 0 Å². The Morgan fingerprint density at radius 2 is 2.00 bits per heavy atom. The van der Waals surface area contributed by atoms with E-state index in [-0.39, 0.29) is 11.2 Å². The molecule has 0 saturated heterocycles. The van der Waals surface area contributed by atoms with Gasteiger partial charge in [0.1, 0.15) is 6.17 Å². The predicted octanol–water partition coefficient (Wildman–Crippen LogP) is -0.232. The summed E-state index contributed by atoms with van der Waals surface area (Å²) in [5.74, 6) is -1.08. The molecule has 0 spiro atoms. The Morgan fingerprint density at radius 1 is 1.50 bits per heavy atom. The number of carbonyl (C=O) groups excluding carboxylic acids is 3. The Morgan fingerprint density at radius 3 is 2.43 bits per heavy atom. The first kappa shape index (κ1) is 10.9. The predicted molar refractivity (Wildman–Crippen MR) is 52.4 cm³/mol. The van der Waals surface area contributed by atoms with E-state index < -0.39 is 18.0 Å². The Hall–Kier alpha value is -1.17. The lowest BCUT2D eigenvalue weighted by Gasteiger charge is -2.22. The van der Waals surface area contributed by atoms with Crippen LogP contribution in [0.3, 0.4) is 0 Å². The second kappa shape index (κ2) is 4.36. The standard InChI is InChI=1S/C8H9BrN2O3/c1-5(10-6(12)4-9)11-7(13)2-3-8(11)14/h2-3,5H,4H2,1H3,(H,10,12). The van der Waals surface area contributed by atoms with E-state index in [2.05, 4.69) is 21.2 Å². The summed E-state index contributed by atoms with van der Waals surface area (Å²) in [6.07, 6.45) is 1.74. The van der Waals surface area contributed by atoms with Crippen molar-refractivity contribution in [2.45, 2.75) is 13.1 Å². The molecule has 1 atom stereocenters. The van der Waals surface area contributed by atoms with E-state index in [9.17, 15) is 14.4 Å². The quantitative estimate of drug-likeness (QED) is 0.563. The maximum atomic E-state index is 11.2. The summed E-state index contributed by atoms with van der Waals surface area (Å²) in [5.41, 5.74) is 0. The van der Waals surface area contributed by atoms with Gasteiger partial charge in [0.25, 0.3) is 11.8 Å². The van der Waals surface area contributed by atoms with Crippen LogP contribution in [0, 0.1) is 0 Å². The molecule has 1 unspecified atom stereocenters. The molecule has 0 aromatic rings. The monoisotopic (exact) mass is 260 g/mol. The van der Waals surface area contributed by atoms with Crippen molar-refractivity contribution in [1.29, 1.82) is 0 Å². The summed E-state index contributed by atoms with van der Waals surface area (Å²) in [5, 5.41) is 2.63. The van der Waals surface area contributed by atoms with Gasteiger partial charge in [-0.1, -0.05) is 15.9 Å². The lowest BCUT2D eigenvalue weighted by Crippen LogP contribution is -2.49. The average molecular weight is 261 g/mol. The first-order valence-corrected chi connectivity index (χ1v) is 5.09. The zero-order chi connectivity index (χ0) is 10.7. The molecule has 1 heterocycles. The van der Waals surface area contributed by atoms with E-state index in [1.165, 1.54) is 12.2 Å². The number of nitrogens with zero attached hydrogens (tertiary/aromatic N) is 1. The number of hydrogen-bond acceptors (Lipinski definition) is 3.